The number of carbonyl (C=O) groups excluding carboxylic acids is 1. The SMILES string of the molecule is Cc1cccc(CC(=O)N(Cc2nccs2)C2CC2)c1. The molecule has 2 aromatic rings. The van der Waals surface area contributed by atoms with Crippen LogP contribution < -0.4 is 0 Å². The van der Waals surface area contributed by atoms with Gasteiger partial charge in [0, 0.05) is 17.6 Å². The van der Waals surface area contributed by atoms with Gasteiger partial charge in [0.05, 0.1) is 13.0 Å². The van der Waals surface area contributed by atoms with Gasteiger partial charge in [-0.15, -0.1) is 11.3 Å². The number of benzene rings is 1. The molecule has 0 bridgehead atoms. The van der Waals surface area contributed by atoms with Gasteiger partial charge in [0.25, 0.3) is 0 Å². The van der Waals surface area contributed by atoms with Crippen molar-refractivity contribution in [1.82, 2.24) is 9.88 Å². The number of rotatable bonds is 5. The van der Waals surface area contributed by atoms with Gasteiger partial charge in [0.1, 0.15) is 5.01 Å². The summed E-state index contributed by atoms with van der Waals surface area (Å²) >= 11 is 1.62. The minimum absolute atomic E-state index is 0.216. The Labute approximate surface area is 123 Å². The van der Waals surface area contributed by atoms with E-state index in [1.807, 2.05) is 22.4 Å². The molecule has 1 aliphatic carbocycles. The second-order valence-corrected chi connectivity index (χ2v) is 6.32. The Kier molecular flexibility index (Phi) is 3.83. The van der Waals surface area contributed by atoms with Gasteiger partial charge in [-0.2, -0.15) is 0 Å². The maximum absolute atomic E-state index is 12.5. The number of aryl methyl sites for hydroxylation is 1. The van der Waals surface area contributed by atoms with Crippen molar-refractivity contribution >= 4 is 17.2 Å². The summed E-state index contributed by atoms with van der Waals surface area (Å²) < 4.78 is 0. The molecule has 1 heterocycles. The molecule has 1 amide bonds. The van der Waals surface area contributed by atoms with Crippen LogP contribution in [0.15, 0.2) is 35.8 Å². The summed E-state index contributed by atoms with van der Waals surface area (Å²) in [5.41, 5.74) is 2.30. The molecule has 0 atom stereocenters. The minimum atomic E-state index is 0.216. The first kappa shape index (κ1) is 13.3. The summed E-state index contributed by atoms with van der Waals surface area (Å²) in [6.45, 7) is 2.72. The lowest BCUT2D eigenvalue weighted by Gasteiger charge is -2.21. The van der Waals surface area contributed by atoms with Crippen molar-refractivity contribution in [1.29, 1.82) is 0 Å². The molecule has 0 N–H and O–H groups in total. The molecule has 4 heteroatoms. The number of hydrogen-bond acceptors (Lipinski definition) is 3. The number of aromatic nitrogens is 1. The smallest absolute Gasteiger partial charge is 0.227 e. The van der Waals surface area contributed by atoms with Crippen LogP contribution in [0.25, 0.3) is 0 Å². The van der Waals surface area contributed by atoms with Crippen LogP contribution in [-0.4, -0.2) is 21.8 Å². The zero-order valence-corrected chi connectivity index (χ0v) is 12.4. The zero-order chi connectivity index (χ0) is 13.9. The first-order valence-electron chi connectivity index (χ1n) is 6.96. The quantitative estimate of drug-likeness (QED) is 0.845. The molecule has 3 rings (SSSR count). The Morgan fingerprint density at radius 1 is 1.45 bits per heavy atom. The molecule has 0 saturated heterocycles. The second kappa shape index (κ2) is 5.75. The fraction of sp³-hybridized carbons (Fsp3) is 0.375. The first-order chi connectivity index (χ1) is 9.72. The van der Waals surface area contributed by atoms with Gasteiger partial charge < -0.3 is 4.90 Å². The van der Waals surface area contributed by atoms with E-state index in [0.29, 0.717) is 19.0 Å². The Morgan fingerprint density at radius 2 is 2.30 bits per heavy atom. The van der Waals surface area contributed by atoms with Crippen LogP contribution >= 0.6 is 11.3 Å². The molecule has 1 aliphatic rings. The molecule has 1 aromatic heterocycles. The third-order valence-corrected chi connectivity index (χ3v) is 4.30. The van der Waals surface area contributed by atoms with E-state index >= 15 is 0 Å². The van der Waals surface area contributed by atoms with Crippen molar-refractivity contribution in [3.8, 4) is 0 Å². The summed E-state index contributed by atoms with van der Waals surface area (Å²) in [5.74, 6) is 0.216. The highest BCUT2D eigenvalue weighted by Crippen LogP contribution is 2.29. The van der Waals surface area contributed by atoms with Gasteiger partial charge in [-0.3, -0.25) is 4.79 Å². The van der Waals surface area contributed by atoms with Crippen LogP contribution in [-0.2, 0) is 17.8 Å². The number of thiazole rings is 1. The van der Waals surface area contributed by atoms with E-state index in [1.165, 1.54) is 5.56 Å². The Hall–Kier alpha value is -1.68. The minimum Gasteiger partial charge on any atom is -0.333 e. The van der Waals surface area contributed by atoms with Gasteiger partial charge in [-0.1, -0.05) is 29.8 Å². The average Bonchev–Trinajstić information content (AvgIpc) is 3.12. The van der Waals surface area contributed by atoms with E-state index in [9.17, 15) is 4.79 Å². The summed E-state index contributed by atoms with van der Waals surface area (Å²) in [4.78, 5) is 18.8. The van der Waals surface area contributed by atoms with E-state index in [1.54, 1.807) is 17.5 Å². The first-order valence-corrected chi connectivity index (χ1v) is 7.84. The van der Waals surface area contributed by atoms with Crippen LogP contribution in [0, 0.1) is 6.92 Å². The monoisotopic (exact) mass is 286 g/mol. The summed E-state index contributed by atoms with van der Waals surface area (Å²) in [5, 5.41) is 2.99. The molecular weight excluding hydrogens is 268 g/mol. The Morgan fingerprint density at radius 3 is 2.95 bits per heavy atom. The lowest BCUT2D eigenvalue weighted by Crippen LogP contribution is -2.33. The van der Waals surface area contributed by atoms with Gasteiger partial charge in [0.2, 0.25) is 5.91 Å². The van der Waals surface area contributed by atoms with E-state index in [4.69, 9.17) is 0 Å². The van der Waals surface area contributed by atoms with Crippen molar-refractivity contribution in [2.75, 3.05) is 0 Å². The number of hydrogen-bond donors (Lipinski definition) is 0. The van der Waals surface area contributed by atoms with Gasteiger partial charge in [-0.05, 0) is 25.3 Å². The van der Waals surface area contributed by atoms with Crippen molar-refractivity contribution in [3.63, 3.8) is 0 Å². The predicted octanol–water partition coefficient (Wildman–Crippen LogP) is 3.19. The van der Waals surface area contributed by atoms with E-state index in [2.05, 4.69) is 24.0 Å². The molecule has 1 saturated carbocycles. The Bertz CT molecular complexity index is 590. The molecular formula is C16H18N2OS. The fourth-order valence-electron chi connectivity index (χ4n) is 2.38. The molecule has 0 radical (unpaired) electrons. The average molecular weight is 286 g/mol. The molecule has 20 heavy (non-hydrogen) atoms. The molecule has 1 aromatic carbocycles. The van der Waals surface area contributed by atoms with Crippen LogP contribution in [0.4, 0.5) is 0 Å². The molecule has 0 spiro atoms. The number of carbonyl (C=O) groups is 1. The number of nitrogens with zero attached hydrogens (tertiary/aromatic N) is 2. The van der Waals surface area contributed by atoms with Gasteiger partial charge >= 0.3 is 0 Å². The predicted molar refractivity (Wildman–Crippen MR) is 80.6 cm³/mol. The highest BCUT2D eigenvalue weighted by molar-refractivity contribution is 7.09. The highest BCUT2D eigenvalue weighted by atomic mass is 32.1. The third kappa shape index (κ3) is 3.25. The van der Waals surface area contributed by atoms with Crippen LogP contribution in [0.1, 0.15) is 29.0 Å². The lowest BCUT2D eigenvalue weighted by molar-refractivity contribution is -0.131. The van der Waals surface area contributed by atoms with E-state index in [0.717, 1.165) is 23.4 Å². The van der Waals surface area contributed by atoms with Gasteiger partial charge in [-0.25, -0.2) is 4.98 Å². The topological polar surface area (TPSA) is 33.2 Å². The Balaban J connectivity index is 1.69. The summed E-state index contributed by atoms with van der Waals surface area (Å²) in [6.07, 6.45) is 4.55. The number of amides is 1. The largest absolute Gasteiger partial charge is 0.333 e. The van der Waals surface area contributed by atoms with E-state index in [-0.39, 0.29) is 5.91 Å². The molecule has 1 fully saturated rings. The van der Waals surface area contributed by atoms with Crippen LogP contribution in [0.5, 0.6) is 0 Å². The normalized spacial score (nSPS) is 14.2. The maximum Gasteiger partial charge on any atom is 0.227 e. The molecule has 0 unspecified atom stereocenters. The standard InChI is InChI=1S/C16H18N2OS/c1-12-3-2-4-13(9-12)10-16(19)18(14-5-6-14)11-15-17-7-8-20-15/h2-4,7-9,14H,5-6,10-11H2,1H3. The van der Waals surface area contributed by atoms with Crippen molar-refractivity contribution in [2.45, 2.75) is 38.8 Å². The van der Waals surface area contributed by atoms with Crippen LogP contribution in [0.2, 0.25) is 0 Å². The fourth-order valence-corrected chi connectivity index (χ4v) is 3.00. The van der Waals surface area contributed by atoms with Crippen molar-refractivity contribution in [3.05, 3.63) is 52.0 Å². The van der Waals surface area contributed by atoms with Crippen LogP contribution in [0.3, 0.4) is 0 Å². The molecule has 0 aliphatic heterocycles. The summed E-state index contributed by atoms with van der Waals surface area (Å²) in [7, 11) is 0. The maximum atomic E-state index is 12.5. The third-order valence-electron chi connectivity index (χ3n) is 3.53. The van der Waals surface area contributed by atoms with E-state index < -0.39 is 0 Å². The zero-order valence-electron chi connectivity index (χ0n) is 11.6. The molecule has 104 valence electrons. The van der Waals surface area contributed by atoms with Crippen molar-refractivity contribution in [2.24, 2.45) is 0 Å². The lowest BCUT2D eigenvalue weighted by atomic mass is 10.1. The second-order valence-electron chi connectivity index (χ2n) is 5.34. The van der Waals surface area contributed by atoms with Gasteiger partial charge in [0.15, 0.2) is 0 Å². The molecule has 3 nitrogen and oxygen atoms in total. The highest BCUT2D eigenvalue weighted by Gasteiger charge is 2.32. The van der Waals surface area contributed by atoms with Crippen molar-refractivity contribution < 1.29 is 4.79 Å². The summed E-state index contributed by atoms with van der Waals surface area (Å²) in [6, 6.07) is 8.62.